The summed E-state index contributed by atoms with van der Waals surface area (Å²) in [4.78, 5) is 11.6. The monoisotopic (exact) mass is 403 g/mol. The van der Waals surface area contributed by atoms with Crippen LogP contribution in [0.3, 0.4) is 0 Å². The van der Waals surface area contributed by atoms with E-state index in [-0.39, 0.29) is 16.7 Å². The van der Waals surface area contributed by atoms with Crippen LogP contribution in [0.2, 0.25) is 5.02 Å². The van der Waals surface area contributed by atoms with Crippen LogP contribution in [0, 0.1) is 35.0 Å². The standard InChI is InChI=1S/C22H26ClNO4/c1-13-9-15-11-14(2)21(17(10-13)12-15)22(26-3,28-27-21)18-7-6-16(5-4-8-24)20(25)19(18)23/h4-7,13-15,17,25H,9-12H2,1-3H3/b5-4+. The first-order valence-electron chi connectivity index (χ1n) is 9.89. The second kappa shape index (κ2) is 7.03. The van der Waals surface area contributed by atoms with Crippen LogP contribution in [0.5, 0.6) is 5.75 Å². The van der Waals surface area contributed by atoms with E-state index < -0.39 is 11.4 Å². The van der Waals surface area contributed by atoms with E-state index in [1.54, 1.807) is 19.2 Å². The molecule has 1 aliphatic heterocycles. The number of phenols is 1. The molecule has 0 aromatic heterocycles. The summed E-state index contributed by atoms with van der Waals surface area (Å²) in [5.41, 5.74) is 0.407. The molecule has 4 rings (SSSR count). The van der Waals surface area contributed by atoms with E-state index in [0.717, 1.165) is 19.3 Å². The molecule has 1 saturated heterocycles. The van der Waals surface area contributed by atoms with Gasteiger partial charge in [0.1, 0.15) is 5.75 Å². The molecule has 5 nitrogen and oxygen atoms in total. The zero-order chi connectivity index (χ0) is 20.1. The number of ether oxygens (including phenoxy) is 1. The summed E-state index contributed by atoms with van der Waals surface area (Å²) in [5, 5.41) is 19.5. The number of phenolic OH excluding ortho intramolecular Hbond substituents is 1. The Kier molecular flexibility index (Phi) is 4.96. The van der Waals surface area contributed by atoms with Crippen molar-refractivity contribution < 1.29 is 19.6 Å². The highest BCUT2D eigenvalue weighted by Gasteiger charge is 2.74. The van der Waals surface area contributed by atoms with Gasteiger partial charge in [0.05, 0.1) is 11.1 Å². The fourth-order valence-electron chi connectivity index (χ4n) is 5.98. The number of methoxy groups -OCH3 is 1. The minimum Gasteiger partial charge on any atom is -0.506 e. The molecular weight excluding hydrogens is 378 g/mol. The first-order chi connectivity index (χ1) is 13.4. The third kappa shape index (κ3) is 2.55. The number of allylic oxidation sites excluding steroid dienone is 1. The number of hydrogen-bond donors (Lipinski definition) is 1. The predicted molar refractivity (Wildman–Crippen MR) is 105 cm³/mol. The highest BCUT2D eigenvalue weighted by atomic mass is 35.5. The summed E-state index contributed by atoms with van der Waals surface area (Å²) in [7, 11) is 1.60. The van der Waals surface area contributed by atoms with Gasteiger partial charge in [0.2, 0.25) is 0 Å². The number of nitriles is 1. The highest BCUT2D eigenvalue weighted by molar-refractivity contribution is 6.33. The number of benzene rings is 1. The number of aromatic hydroxyl groups is 1. The van der Waals surface area contributed by atoms with Crippen molar-refractivity contribution in [3.63, 3.8) is 0 Å². The Morgan fingerprint density at radius 1 is 1.25 bits per heavy atom. The molecule has 3 aliphatic rings. The van der Waals surface area contributed by atoms with Gasteiger partial charge in [-0.05, 0) is 55.4 Å². The van der Waals surface area contributed by atoms with Crippen LogP contribution in [-0.2, 0) is 20.3 Å². The average Bonchev–Trinajstić information content (AvgIpc) is 2.63. The van der Waals surface area contributed by atoms with Gasteiger partial charge in [0.15, 0.2) is 5.60 Å². The van der Waals surface area contributed by atoms with Gasteiger partial charge in [-0.2, -0.15) is 10.1 Å². The Labute approximate surface area is 170 Å². The number of hydrogen-bond acceptors (Lipinski definition) is 5. The molecule has 0 amide bonds. The minimum absolute atomic E-state index is 0.0916. The van der Waals surface area contributed by atoms with E-state index in [1.807, 2.05) is 6.07 Å². The molecule has 6 heteroatoms. The topological polar surface area (TPSA) is 71.7 Å². The van der Waals surface area contributed by atoms with Gasteiger partial charge in [-0.25, -0.2) is 4.89 Å². The summed E-state index contributed by atoms with van der Waals surface area (Å²) < 4.78 is 5.99. The Balaban J connectivity index is 1.81. The molecule has 6 unspecified atom stereocenters. The van der Waals surface area contributed by atoms with Crippen molar-refractivity contribution in [3.05, 3.63) is 34.4 Å². The Hall–Kier alpha value is -1.58. The van der Waals surface area contributed by atoms with Gasteiger partial charge in [0, 0.05) is 24.3 Å². The first-order valence-corrected chi connectivity index (χ1v) is 10.3. The average molecular weight is 404 g/mol. The summed E-state index contributed by atoms with van der Waals surface area (Å²) in [5.74, 6) is 0.616. The van der Waals surface area contributed by atoms with Crippen LogP contribution in [0.4, 0.5) is 0 Å². The normalized spacial score (nSPS) is 39.7. The molecule has 2 bridgehead atoms. The lowest BCUT2D eigenvalue weighted by molar-refractivity contribution is -0.641. The molecule has 1 aromatic rings. The van der Waals surface area contributed by atoms with Crippen LogP contribution in [-0.4, -0.2) is 17.8 Å². The van der Waals surface area contributed by atoms with Gasteiger partial charge in [-0.15, -0.1) is 0 Å². The SMILES string of the molecule is COC1(c2ccc(/C=C/C#N)c(O)c2Cl)OOC12C(C)CC1CC(C)CC2C1. The lowest BCUT2D eigenvalue weighted by atomic mass is 9.54. The van der Waals surface area contributed by atoms with Crippen molar-refractivity contribution in [2.45, 2.75) is 50.9 Å². The number of halogens is 1. The van der Waals surface area contributed by atoms with Crippen molar-refractivity contribution in [1.82, 2.24) is 0 Å². The first kappa shape index (κ1) is 19.7. The molecule has 1 heterocycles. The summed E-state index contributed by atoms with van der Waals surface area (Å²) in [6.45, 7) is 4.50. The van der Waals surface area contributed by atoms with E-state index in [0.29, 0.717) is 28.9 Å². The van der Waals surface area contributed by atoms with Gasteiger partial charge in [-0.3, -0.25) is 0 Å². The van der Waals surface area contributed by atoms with Gasteiger partial charge in [-0.1, -0.05) is 37.6 Å². The van der Waals surface area contributed by atoms with Crippen LogP contribution in [0.1, 0.15) is 50.7 Å². The summed E-state index contributed by atoms with van der Waals surface area (Å²) in [6.07, 6.45) is 7.29. The Bertz CT molecular complexity index is 842. The van der Waals surface area contributed by atoms with Crippen molar-refractivity contribution in [2.24, 2.45) is 23.7 Å². The Morgan fingerprint density at radius 2 is 2.04 bits per heavy atom. The quantitative estimate of drug-likeness (QED) is 0.556. The smallest absolute Gasteiger partial charge is 0.262 e. The molecule has 1 aromatic carbocycles. The molecule has 1 spiro atoms. The van der Waals surface area contributed by atoms with E-state index >= 15 is 0 Å². The maximum absolute atomic E-state index is 10.6. The predicted octanol–water partition coefficient (Wildman–Crippen LogP) is 5.17. The second-order valence-corrected chi connectivity index (χ2v) is 9.00. The van der Waals surface area contributed by atoms with Crippen molar-refractivity contribution in [1.29, 1.82) is 5.26 Å². The Morgan fingerprint density at radius 3 is 2.68 bits per heavy atom. The third-order valence-corrected chi connectivity index (χ3v) is 7.39. The molecule has 1 N–H and O–H groups in total. The molecule has 6 atom stereocenters. The number of nitrogens with zero attached hydrogens (tertiary/aromatic N) is 1. The van der Waals surface area contributed by atoms with Gasteiger partial charge in [0.25, 0.3) is 5.79 Å². The summed E-state index contributed by atoms with van der Waals surface area (Å²) >= 11 is 6.58. The zero-order valence-electron chi connectivity index (χ0n) is 16.4. The fourth-order valence-corrected chi connectivity index (χ4v) is 6.27. The van der Waals surface area contributed by atoms with Gasteiger partial charge < -0.3 is 9.84 Å². The van der Waals surface area contributed by atoms with E-state index in [2.05, 4.69) is 13.8 Å². The largest absolute Gasteiger partial charge is 0.506 e. The molecule has 2 saturated carbocycles. The maximum atomic E-state index is 10.6. The lowest BCUT2D eigenvalue weighted by Crippen LogP contribution is -2.74. The van der Waals surface area contributed by atoms with Crippen LogP contribution in [0.25, 0.3) is 6.08 Å². The van der Waals surface area contributed by atoms with Crippen LogP contribution in [0.15, 0.2) is 18.2 Å². The minimum atomic E-state index is -1.16. The maximum Gasteiger partial charge on any atom is 0.262 e. The number of fused-ring (bicyclic) bond motifs is 3. The van der Waals surface area contributed by atoms with Crippen molar-refractivity contribution in [2.75, 3.05) is 7.11 Å². The van der Waals surface area contributed by atoms with E-state index in [1.165, 1.54) is 18.6 Å². The van der Waals surface area contributed by atoms with Crippen molar-refractivity contribution in [3.8, 4) is 11.8 Å². The molecular formula is C22H26ClNO4. The molecule has 28 heavy (non-hydrogen) atoms. The fraction of sp³-hybridized carbons (Fsp3) is 0.591. The van der Waals surface area contributed by atoms with Crippen LogP contribution < -0.4 is 0 Å². The van der Waals surface area contributed by atoms with Gasteiger partial charge >= 0.3 is 0 Å². The molecule has 2 aliphatic carbocycles. The van der Waals surface area contributed by atoms with Crippen molar-refractivity contribution >= 4 is 17.7 Å². The zero-order valence-corrected chi connectivity index (χ0v) is 17.2. The molecule has 3 fully saturated rings. The van der Waals surface area contributed by atoms with E-state index in [9.17, 15) is 5.11 Å². The third-order valence-electron chi connectivity index (χ3n) is 7.00. The van der Waals surface area contributed by atoms with E-state index in [4.69, 9.17) is 31.4 Å². The molecule has 0 radical (unpaired) electrons. The molecule has 150 valence electrons. The summed E-state index contributed by atoms with van der Waals surface area (Å²) in [6, 6.07) is 5.44. The second-order valence-electron chi connectivity index (χ2n) is 8.62. The highest BCUT2D eigenvalue weighted by Crippen LogP contribution is 2.65. The lowest BCUT2D eigenvalue weighted by Gasteiger charge is -2.65. The van der Waals surface area contributed by atoms with Crippen LogP contribution >= 0.6 is 11.6 Å². The number of rotatable bonds is 3.